The Morgan fingerprint density at radius 2 is 0.617 bits per heavy atom. The van der Waals surface area contributed by atoms with Crippen LogP contribution < -0.4 is 5.11 Å². The standard InChI is InChI=1S/C32H68P.C7HF5O2/c1-5-9-13-17-18-19-20-21-22-23-24-28-32-33(29-25-14-10-6-2,30-26-15-11-7-3)31-27-16-12-8-4;8-2-1(7(13)14)3(9)5(11)6(12)4(2)10/h5-32H2,1-4H3;(H,13,14)/q+1;/p-1. The van der Waals surface area contributed by atoms with Gasteiger partial charge in [-0.05, 0) is 51.4 Å². The van der Waals surface area contributed by atoms with Gasteiger partial charge in [0.05, 0.1) is 36.2 Å². The van der Waals surface area contributed by atoms with Crippen molar-refractivity contribution in [2.75, 3.05) is 24.6 Å². The molecular weight excluding hydrogens is 626 g/mol. The summed E-state index contributed by atoms with van der Waals surface area (Å²) in [5.74, 6) is -14.4. The van der Waals surface area contributed by atoms with E-state index in [1.165, 1.54) is 128 Å². The summed E-state index contributed by atoms with van der Waals surface area (Å²) in [6.45, 7) is 9.41. The van der Waals surface area contributed by atoms with Crippen LogP contribution in [-0.4, -0.2) is 30.6 Å². The van der Waals surface area contributed by atoms with Gasteiger partial charge in [0.2, 0.25) is 5.82 Å². The minimum atomic E-state index is -2.47. The molecule has 0 spiro atoms. The molecule has 0 N–H and O–H groups in total. The van der Waals surface area contributed by atoms with Crippen molar-refractivity contribution in [1.29, 1.82) is 0 Å². The van der Waals surface area contributed by atoms with E-state index in [-0.39, 0.29) is 0 Å². The van der Waals surface area contributed by atoms with E-state index in [1.807, 2.05) is 0 Å². The highest BCUT2D eigenvalue weighted by Gasteiger charge is 2.35. The fourth-order valence-corrected chi connectivity index (χ4v) is 11.3. The number of hydrogen-bond donors (Lipinski definition) is 0. The first-order valence-electron chi connectivity index (χ1n) is 19.2. The molecule has 47 heavy (non-hydrogen) atoms. The molecule has 2 nitrogen and oxygen atoms in total. The molecule has 0 aliphatic heterocycles. The molecule has 0 fully saturated rings. The van der Waals surface area contributed by atoms with Crippen LogP contribution in [0.5, 0.6) is 0 Å². The fourth-order valence-electron chi connectivity index (χ4n) is 6.37. The van der Waals surface area contributed by atoms with Crippen LogP contribution in [0.15, 0.2) is 0 Å². The van der Waals surface area contributed by atoms with E-state index < -0.39 is 47.9 Å². The molecule has 8 heteroatoms. The third-order valence-corrected chi connectivity index (χ3v) is 14.4. The smallest absolute Gasteiger partial charge is 0.200 e. The van der Waals surface area contributed by atoms with E-state index >= 15 is 0 Å². The molecule has 0 unspecified atom stereocenters. The van der Waals surface area contributed by atoms with Gasteiger partial charge in [-0.1, -0.05) is 130 Å². The first kappa shape index (κ1) is 45.8. The van der Waals surface area contributed by atoms with Crippen molar-refractivity contribution >= 4 is 13.2 Å². The van der Waals surface area contributed by atoms with Gasteiger partial charge in [-0.3, -0.25) is 0 Å². The molecule has 0 atom stereocenters. The average Bonchev–Trinajstić information content (AvgIpc) is 3.06. The second kappa shape index (κ2) is 29.7. The Kier molecular flexibility index (Phi) is 28.9. The maximum Gasteiger partial charge on any atom is 0.200 e. The summed E-state index contributed by atoms with van der Waals surface area (Å²) in [7, 11) is -0.697. The fraction of sp³-hybridized carbons (Fsp3) is 0.821. The summed E-state index contributed by atoms with van der Waals surface area (Å²) in [4.78, 5) is 10.0. The summed E-state index contributed by atoms with van der Waals surface area (Å²) >= 11 is 0. The normalized spacial score (nSPS) is 11.5. The van der Waals surface area contributed by atoms with Crippen LogP contribution in [0.2, 0.25) is 0 Å². The van der Waals surface area contributed by atoms with Crippen LogP contribution in [0.3, 0.4) is 0 Å². The van der Waals surface area contributed by atoms with Gasteiger partial charge in [0.25, 0.3) is 0 Å². The second-order valence-electron chi connectivity index (χ2n) is 13.5. The molecule has 0 radical (unpaired) electrons. The predicted octanol–water partition coefficient (Wildman–Crippen LogP) is 13.2. The van der Waals surface area contributed by atoms with E-state index in [9.17, 15) is 31.9 Å². The lowest BCUT2D eigenvalue weighted by Gasteiger charge is -2.28. The first-order valence-corrected chi connectivity index (χ1v) is 21.7. The lowest BCUT2D eigenvalue weighted by molar-refractivity contribution is -0.255. The van der Waals surface area contributed by atoms with E-state index in [1.54, 1.807) is 50.3 Å². The summed E-state index contributed by atoms with van der Waals surface area (Å²) in [5, 5.41) is 10.0. The van der Waals surface area contributed by atoms with Crippen LogP contribution in [0.1, 0.15) is 192 Å². The zero-order chi connectivity index (χ0) is 35.3. The number of carboxylic acid groups (broad SMARTS) is 1. The largest absolute Gasteiger partial charge is 0.545 e. The Labute approximate surface area is 285 Å². The number of carboxylic acids is 1. The van der Waals surface area contributed by atoms with E-state index in [0.29, 0.717) is 0 Å². The Bertz CT molecular complexity index is 867. The van der Waals surface area contributed by atoms with Crippen molar-refractivity contribution in [2.45, 2.75) is 182 Å². The number of halogens is 5. The number of rotatable bonds is 29. The van der Waals surface area contributed by atoms with Gasteiger partial charge >= 0.3 is 0 Å². The zero-order valence-electron chi connectivity index (χ0n) is 30.5. The van der Waals surface area contributed by atoms with Crippen molar-refractivity contribution in [3.05, 3.63) is 34.6 Å². The highest BCUT2D eigenvalue weighted by atomic mass is 31.2. The van der Waals surface area contributed by atoms with Crippen LogP contribution in [0.4, 0.5) is 22.0 Å². The van der Waals surface area contributed by atoms with Gasteiger partial charge in [0.1, 0.15) is 0 Å². The molecule has 0 aliphatic carbocycles. The van der Waals surface area contributed by atoms with Crippen LogP contribution in [0.25, 0.3) is 0 Å². The second-order valence-corrected chi connectivity index (χ2v) is 18.0. The maximum absolute atomic E-state index is 12.5. The number of hydrogen-bond acceptors (Lipinski definition) is 2. The lowest BCUT2D eigenvalue weighted by Crippen LogP contribution is -2.26. The maximum atomic E-state index is 12.5. The molecule has 1 rings (SSSR count). The van der Waals surface area contributed by atoms with Gasteiger partial charge in [0.15, 0.2) is 23.3 Å². The molecule has 0 saturated carbocycles. The molecule has 1 aromatic rings. The average molecular weight is 695 g/mol. The lowest BCUT2D eigenvalue weighted by atomic mass is 10.1. The summed E-state index contributed by atoms with van der Waals surface area (Å²) in [6, 6.07) is 0. The van der Waals surface area contributed by atoms with Gasteiger partial charge < -0.3 is 9.90 Å². The predicted molar refractivity (Wildman–Crippen MR) is 190 cm³/mol. The van der Waals surface area contributed by atoms with E-state index in [0.717, 1.165) is 0 Å². The topological polar surface area (TPSA) is 40.1 Å². The van der Waals surface area contributed by atoms with Crippen LogP contribution in [-0.2, 0) is 0 Å². The van der Waals surface area contributed by atoms with Gasteiger partial charge in [0, 0.05) is 7.26 Å². The van der Waals surface area contributed by atoms with E-state index in [4.69, 9.17) is 0 Å². The Morgan fingerprint density at radius 1 is 0.404 bits per heavy atom. The van der Waals surface area contributed by atoms with Crippen molar-refractivity contribution in [3.8, 4) is 0 Å². The van der Waals surface area contributed by atoms with Crippen molar-refractivity contribution in [1.82, 2.24) is 0 Å². The summed E-state index contributed by atoms with van der Waals surface area (Å²) in [5.41, 5.74) is -1.97. The highest BCUT2D eigenvalue weighted by Crippen LogP contribution is 2.61. The summed E-state index contributed by atoms with van der Waals surface area (Å²) in [6.07, 6.45) is 42.1. The number of carbonyl (C=O) groups is 1. The third-order valence-electron chi connectivity index (χ3n) is 9.36. The number of benzene rings is 1. The van der Waals surface area contributed by atoms with Crippen LogP contribution >= 0.6 is 7.26 Å². The molecule has 0 heterocycles. The van der Waals surface area contributed by atoms with Crippen LogP contribution in [0, 0.1) is 29.1 Å². The minimum absolute atomic E-state index is 0.697. The van der Waals surface area contributed by atoms with E-state index in [2.05, 4.69) is 27.7 Å². The zero-order valence-corrected chi connectivity index (χ0v) is 31.3. The van der Waals surface area contributed by atoms with Gasteiger partial charge in [-0.15, -0.1) is 0 Å². The molecule has 0 amide bonds. The molecular formula is C39H68F5O2P. The van der Waals surface area contributed by atoms with Gasteiger partial charge in [-0.25, -0.2) is 22.0 Å². The molecule has 0 aliphatic rings. The van der Waals surface area contributed by atoms with Crippen molar-refractivity contribution < 1.29 is 31.9 Å². The Morgan fingerprint density at radius 3 is 0.872 bits per heavy atom. The monoisotopic (exact) mass is 694 g/mol. The quantitative estimate of drug-likeness (QED) is 0.0275. The third kappa shape index (κ3) is 20.8. The minimum Gasteiger partial charge on any atom is -0.545 e. The SMILES string of the molecule is CCCCCCCCCCCCCC[P+](CCCCCC)(CCCCCC)CCCCCC.O=C([O-])c1c(F)c(F)c(F)c(F)c1F. The van der Waals surface area contributed by atoms with Crippen molar-refractivity contribution in [2.24, 2.45) is 0 Å². The Balaban J connectivity index is 0.00000125. The number of carbonyl (C=O) groups excluding carboxylic acids is 1. The molecule has 0 bridgehead atoms. The molecule has 0 saturated heterocycles. The Hall–Kier alpha value is -1.23. The first-order chi connectivity index (χ1) is 22.6. The number of unbranched alkanes of at least 4 members (excludes halogenated alkanes) is 20. The molecule has 1 aromatic carbocycles. The van der Waals surface area contributed by atoms with Gasteiger partial charge in [-0.2, -0.15) is 0 Å². The summed E-state index contributed by atoms with van der Waals surface area (Å²) < 4.78 is 62.0. The molecule has 0 aromatic heterocycles. The number of aromatic carboxylic acids is 1. The molecule has 276 valence electrons. The van der Waals surface area contributed by atoms with Crippen molar-refractivity contribution in [3.63, 3.8) is 0 Å². The highest BCUT2D eigenvalue weighted by molar-refractivity contribution is 7.75.